The normalized spacial score (nSPS) is 15.2. The molecule has 2 heterocycles. The van der Waals surface area contributed by atoms with Gasteiger partial charge in [0.05, 0.1) is 12.2 Å². The number of aryl methyl sites for hydroxylation is 1. The number of nitrogens with zero attached hydrogens (tertiary/aromatic N) is 3. The highest BCUT2D eigenvalue weighted by Gasteiger charge is 2.21. The van der Waals surface area contributed by atoms with Gasteiger partial charge in [-0.05, 0) is 31.4 Å². The van der Waals surface area contributed by atoms with E-state index in [2.05, 4.69) is 15.1 Å². The Morgan fingerprint density at radius 1 is 1.29 bits per heavy atom. The fourth-order valence-corrected chi connectivity index (χ4v) is 3.33. The monoisotopic (exact) mass is 324 g/mol. The number of aromatic amines is 1. The Balaban J connectivity index is 1.65. The van der Waals surface area contributed by atoms with Crippen LogP contribution in [0.1, 0.15) is 43.1 Å². The van der Waals surface area contributed by atoms with E-state index in [1.54, 1.807) is 6.20 Å². The molecule has 24 heavy (non-hydrogen) atoms. The van der Waals surface area contributed by atoms with Crippen molar-refractivity contribution >= 4 is 11.0 Å². The van der Waals surface area contributed by atoms with Gasteiger partial charge in [-0.25, -0.2) is 9.67 Å². The van der Waals surface area contributed by atoms with Crippen molar-refractivity contribution in [2.75, 3.05) is 0 Å². The standard InChI is InChI=1S/C18H20N4O2/c1-12-6-2-5-9-15(12)24-11-16-20-17-14(18(23)21-16)10-19-22(17)13-7-3-4-8-13/h2,5-6,9-10,13H,3-4,7-8,11H2,1H3,(H,20,21,23). The third kappa shape index (κ3) is 2.68. The highest BCUT2D eigenvalue weighted by molar-refractivity contribution is 5.73. The summed E-state index contributed by atoms with van der Waals surface area (Å²) in [5.74, 6) is 1.32. The maximum Gasteiger partial charge on any atom is 0.262 e. The zero-order valence-corrected chi connectivity index (χ0v) is 13.7. The van der Waals surface area contributed by atoms with E-state index in [1.165, 1.54) is 12.8 Å². The Kier molecular flexibility index (Phi) is 3.80. The second-order valence-corrected chi connectivity index (χ2v) is 6.33. The minimum absolute atomic E-state index is 0.160. The molecule has 0 unspecified atom stereocenters. The molecule has 0 saturated heterocycles. The van der Waals surface area contributed by atoms with Gasteiger partial charge >= 0.3 is 0 Å². The van der Waals surface area contributed by atoms with E-state index in [4.69, 9.17) is 4.74 Å². The van der Waals surface area contributed by atoms with Gasteiger partial charge in [-0.15, -0.1) is 0 Å². The average Bonchev–Trinajstić information content (AvgIpc) is 3.23. The van der Waals surface area contributed by atoms with Crippen molar-refractivity contribution in [2.24, 2.45) is 0 Å². The van der Waals surface area contributed by atoms with Gasteiger partial charge < -0.3 is 9.72 Å². The van der Waals surface area contributed by atoms with Crippen molar-refractivity contribution in [1.82, 2.24) is 19.7 Å². The van der Waals surface area contributed by atoms with Crippen LogP contribution in [0, 0.1) is 6.92 Å². The SMILES string of the molecule is Cc1ccccc1OCc1nc2c(cnn2C2CCCC2)c(=O)[nH]1. The lowest BCUT2D eigenvalue weighted by Gasteiger charge is -2.11. The van der Waals surface area contributed by atoms with Crippen LogP contribution in [0.2, 0.25) is 0 Å². The zero-order valence-electron chi connectivity index (χ0n) is 13.7. The maximum atomic E-state index is 12.3. The molecule has 3 aromatic rings. The summed E-state index contributed by atoms with van der Waals surface area (Å²) in [6.45, 7) is 2.22. The number of hydrogen-bond acceptors (Lipinski definition) is 4. The summed E-state index contributed by atoms with van der Waals surface area (Å²) in [6, 6.07) is 8.14. The van der Waals surface area contributed by atoms with Crippen LogP contribution >= 0.6 is 0 Å². The number of ether oxygens (including phenoxy) is 1. The lowest BCUT2D eigenvalue weighted by Crippen LogP contribution is -2.15. The molecule has 6 heteroatoms. The van der Waals surface area contributed by atoms with Crippen molar-refractivity contribution in [3.05, 3.63) is 52.2 Å². The first-order valence-electron chi connectivity index (χ1n) is 8.37. The van der Waals surface area contributed by atoms with Crippen LogP contribution in [0.5, 0.6) is 5.75 Å². The predicted molar refractivity (Wildman–Crippen MR) is 91.2 cm³/mol. The number of aromatic nitrogens is 4. The second-order valence-electron chi connectivity index (χ2n) is 6.33. The van der Waals surface area contributed by atoms with Gasteiger partial charge in [0.1, 0.15) is 23.6 Å². The smallest absolute Gasteiger partial charge is 0.262 e. The highest BCUT2D eigenvalue weighted by Crippen LogP contribution is 2.30. The second kappa shape index (κ2) is 6.11. The lowest BCUT2D eigenvalue weighted by atomic mass is 10.2. The summed E-state index contributed by atoms with van der Waals surface area (Å²) in [5, 5.41) is 4.95. The fraction of sp³-hybridized carbons (Fsp3) is 0.389. The van der Waals surface area contributed by atoms with Crippen molar-refractivity contribution in [1.29, 1.82) is 0 Å². The van der Waals surface area contributed by atoms with Crippen molar-refractivity contribution in [3.8, 4) is 5.75 Å². The van der Waals surface area contributed by atoms with Gasteiger partial charge in [0.2, 0.25) is 0 Å². The van der Waals surface area contributed by atoms with E-state index in [-0.39, 0.29) is 12.2 Å². The molecular weight excluding hydrogens is 304 g/mol. The Bertz CT molecular complexity index is 922. The summed E-state index contributed by atoms with van der Waals surface area (Å²) in [4.78, 5) is 19.7. The first-order chi connectivity index (χ1) is 11.7. The van der Waals surface area contributed by atoms with Gasteiger partial charge in [0, 0.05) is 0 Å². The van der Waals surface area contributed by atoms with E-state index in [0.717, 1.165) is 24.2 Å². The molecule has 1 aromatic carbocycles. The van der Waals surface area contributed by atoms with Crippen molar-refractivity contribution in [2.45, 2.75) is 45.3 Å². The molecule has 0 bridgehead atoms. The van der Waals surface area contributed by atoms with Gasteiger partial charge in [0.15, 0.2) is 5.65 Å². The molecule has 4 rings (SSSR count). The van der Waals surface area contributed by atoms with E-state index < -0.39 is 0 Å². The van der Waals surface area contributed by atoms with Gasteiger partial charge in [-0.2, -0.15) is 5.10 Å². The van der Waals surface area contributed by atoms with Gasteiger partial charge in [-0.1, -0.05) is 31.0 Å². The van der Waals surface area contributed by atoms with E-state index in [1.807, 2.05) is 35.9 Å². The first kappa shape index (κ1) is 14.9. The molecule has 0 aliphatic heterocycles. The molecule has 0 amide bonds. The first-order valence-corrected chi connectivity index (χ1v) is 8.37. The van der Waals surface area contributed by atoms with Crippen LogP contribution in [-0.4, -0.2) is 19.7 Å². The molecule has 124 valence electrons. The number of para-hydroxylation sites is 1. The fourth-order valence-electron chi connectivity index (χ4n) is 3.33. The Morgan fingerprint density at radius 3 is 2.88 bits per heavy atom. The average molecular weight is 324 g/mol. The summed E-state index contributed by atoms with van der Waals surface area (Å²) in [7, 11) is 0. The Hall–Kier alpha value is -2.63. The number of rotatable bonds is 4. The van der Waals surface area contributed by atoms with Gasteiger partial charge in [0.25, 0.3) is 5.56 Å². The molecular formula is C18H20N4O2. The number of hydrogen-bond donors (Lipinski definition) is 1. The minimum atomic E-state index is -0.160. The Morgan fingerprint density at radius 2 is 2.08 bits per heavy atom. The quantitative estimate of drug-likeness (QED) is 0.800. The van der Waals surface area contributed by atoms with Crippen LogP contribution < -0.4 is 10.3 Å². The molecule has 1 saturated carbocycles. The molecule has 6 nitrogen and oxygen atoms in total. The summed E-state index contributed by atoms with van der Waals surface area (Å²) < 4.78 is 7.72. The molecule has 1 fully saturated rings. The topological polar surface area (TPSA) is 72.8 Å². The van der Waals surface area contributed by atoms with Crippen LogP contribution in [0.25, 0.3) is 11.0 Å². The van der Waals surface area contributed by atoms with Crippen LogP contribution in [0.4, 0.5) is 0 Å². The minimum Gasteiger partial charge on any atom is -0.485 e. The molecule has 1 N–H and O–H groups in total. The highest BCUT2D eigenvalue weighted by atomic mass is 16.5. The zero-order chi connectivity index (χ0) is 16.5. The molecule has 2 aromatic heterocycles. The predicted octanol–water partition coefficient (Wildman–Crippen LogP) is 3.12. The molecule has 0 radical (unpaired) electrons. The third-order valence-corrected chi connectivity index (χ3v) is 4.64. The molecule has 0 spiro atoms. The largest absolute Gasteiger partial charge is 0.485 e. The maximum absolute atomic E-state index is 12.3. The van der Waals surface area contributed by atoms with E-state index in [0.29, 0.717) is 22.9 Å². The number of fused-ring (bicyclic) bond motifs is 1. The van der Waals surface area contributed by atoms with Crippen LogP contribution in [-0.2, 0) is 6.61 Å². The summed E-state index contributed by atoms with van der Waals surface area (Å²) in [5.41, 5.74) is 1.55. The molecule has 1 aliphatic rings. The van der Waals surface area contributed by atoms with Crippen LogP contribution in [0.3, 0.4) is 0 Å². The van der Waals surface area contributed by atoms with Crippen LogP contribution in [0.15, 0.2) is 35.3 Å². The van der Waals surface area contributed by atoms with E-state index >= 15 is 0 Å². The number of benzene rings is 1. The summed E-state index contributed by atoms with van der Waals surface area (Å²) >= 11 is 0. The Labute approximate surface area is 139 Å². The van der Waals surface area contributed by atoms with E-state index in [9.17, 15) is 4.79 Å². The number of H-pyrrole nitrogens is 1. The lowest BCUT2D eigenvalue weighted by molar-refractivity contribution is 0.293. The molecule has 0 atom stereocenters. The number of nitrogens with one attached hydrogen (secondary N) is 1. The van der Waals surface area contributed by atoms with Crippen molar-refractivity contribution in [3.63, 3.8) is 0 Å². The van der Waals surface area contributed by atoms with Crippen molar-refractivity contribution < 1.29 is 4.74 Å². The van der Waals surface area contributed by atoms with Gasteiger partial charge in [-0.3, -0.25) is 4.79 Å². The molecule has 1 aliphatic carbocycles. The summed E-state index contributed by atoms with van der Waals surface area (Å²) in [6.07, 6.45) is 6.23. The third-order valence-electron chi connectivity index (χ3n) is 4.64.